The van der Waals surface area contributed by atoms with E-state index < -0.39 is 0 Å². The van der Waals surface area contributed by atoms with Gasteiger partial charge in [-0.3, -0.25) is 0 Å². The first-order valence-electron chi connectivity index (χ1n) is 21.5. The normalized spacial score (nSPS) is 11.5. The predicted molar refractivity (Wildman–Crippen MR) is 267 cm³/mol. The second kappa shape index (κ2) is 14.9. The van der Waals surface area contributed by atoms with Gasteiger partial charge in [0.05, 0.1) is 0 Å². The average molecular weight is 785 g/mol. The maximum absolute atomic E-state index is 2.47. The molecule has 12 aromatic rings. The molecule has 0 amide bonds. The van der Waals surface area contributed by atoms with E-state index in [1.54, 1.807) is 0 Å². The summed E-state index contributed by atoms with van der Waals surface area (Å²) >= 11 is 0. The average Bonchev–Trinajstić information content (AvgIpc) is 3.35. The van der Waals surface area contributed by atoms with Crippen molar-refractivity contribution < 1.29 is 0 Å². The molecule has 0 fully saturated rings. The van der Waals surface area contributed by atoms with Crippen LogP contribution in [0.1, 0.15) is 0 Å². The fraction of sp³-hybridized carbons (Fsp3) is 0. The topological polar surface area (TPSA) is 0 Å². The zero-order valence-corrected chi connectivity index (χ0v) is 34.1. The lowest BCUT2D eigenvalue weighted by Gasteiger charge is -2.18. The smallest absolute Gasteiger partial charge is 0.00923 e. The summed E-state index contributed by atoms with van der Waals surface area (Å²) in [6.45, 7) is 0. The zero-order valence-electron chi connectivity index (χ0n) is 34.1. The van der Waals surface area contributed by atoms with Gasteiger partial charge in [-0.1, -0.05) is 206 Å². The summed E-state index contributed by atoms with van der Waals surface area (Å²) in [5.41, 5.74) is 14.6. The molecule has 0 heteroatoms. The monoisotopic (exact) mass is 784 g/mol. The van der Waals surface area contributed by atoms with E-state index in [4.69, 9.17) is 0 Å². The largest absolute Gasteiger partial charge is 0.0622 e. The number of rotatable bonds is 6. The number of fused-ring (bicyclic) bond motifs is 7. The molecule has 0 nitrogen and oxygen atoms in total. The lowest BCUT2D eigenvalue weighted by molar-refractivity contribution is 1.61. The van der Waals surface area contributed by atoms with Crippen molar-refractivity contribution in [2.75, 3.05) is 0 Å². The molecular weight excluding hydrogens is 745 g/mol. The summed E-state index contributed by atoms with van der Waals surface area (Å²) in [5.74, 6) is 0. The molecule has 0 saturated carbocycles. The van der Waals surface area contributed by atoms with Gasteiger partial charge in [0.25, 0.3) is 0 Å². The molecule has 0 unspecified atom stereocenters. The molecule has 0 N–H and O–H groups in total. The van der Waals surface area contributed by atoms with Crippen LogP contribution in [0.3, 0.4) is 0 Å². The van der Waals surface area contributed by atoms with Crippen molar-refractivity contribution >= 4 is 53.9 Å². The van der Waals surface area contributed by atoms with Crippen molar-refractivity contribution in [3.63, 3.8) is 0 Å². The van der Waals surface area contributed by atoms with E-state index in [-0.39, 0.29) is 0 Å². The third kappa shape index (κ3) is 6.16. The lowest BCUT2D eigenvalue weighted by atomic mass is 9.85. The van der Waals surface area contributed by atoms with Gasteiger partial charge in [0.1, 0.15) is 0 Å². The summed E-state index contributed by atoms with van der Waals surface area (Å²) in [5, 5.41) is 12.5. The van der Waals surface area contributed by atoms with Crippen molar-refractivity contribution in [1.29, 1.82) is 0 Å². The second-order valence-corrected chi connectivity index (χ2v) is 16.4. The zero-order chi connectivity index (χ0) is 41.0. The molecule has 0 aliphatic heterocycles. The van der Waals surface area contributed by atoms with E-state index in [2.05, 4.69) is 243 Å². The Balaban J connectivity index is 1.14. The summed E-state index contributed by atoms with van der Waals surface area (Å²) in [6.07, 6.45) is 0. The van der Waals surface area contributed by atoms with Gasteiger partial charge in [-0.25, -0.2) is 0 Å². The summed E-state index contributed by atoms with van der Waals surface area (Å²) < 4.78 is 0. The standard InChI is InChI=1S/C62H40/c1-3-15-41(16-4-1)45-31-33-55-59(37-45)57(49-25-11-23-47(35-49)53-29-13-21-43-19-7-9-27-51(43)53)39-62-56-34-32-46(42-17-5-2-6-18-42)38-60(56)58(40-61(55)62)50-26-12-24-48(36-50)54-30-14-22-44-20-8-10-28-52(44)54/h1-40H. The third-order valence-corrected chi connectivity index (χ3v) is 12.8. The van der Waals surface area contributed by atoms with Gasteiger partial charge in [0.2, 0.25) is 0 Å². The minimum atomic E-state index is 1.20. The van der Waals surface area contributed by atoms with Crippen LogP contribution in [0.4, 0.5) is 0 Å². The van der Waals surface area contributed by atoms with Crippen LogP contribution in [0.2, 0.25) is 0 Å². The lowest BCUT2D eigenvalue weighted by Crippen LogP contribution is -1.91. The first-order valence-corrected chi connectivity index (χ1v) is 21.5. The molecule has 0 aliphatic rings. The summed E-state index contributed by atoms with van der Waals surface area (Å²) in [7, 11) is 0. The van der Waals surface area contributed by atoms with Crippen molar-refractivity contribution in [1.82, 2.24) is 0 Å². The van der Waals surface area contributed by atoms with E-state index in [1.165, 1.54) is 121 Å². The molecular formula is C62H40. The van der Waals surface area contributed by atoms with E-state index >= 15 is 0 Å². The minimum Gasteiger partial charge on any atom is -0.0622 e. The molecule has 0 bridgehead atoms. The Hall–Kier alpha value is -8.06. The van der Waals surface area contributed by atoms with Gasteiger partial charge in [-0.15, -0.1) is 0 Å². The van der Waals surface area contributed by atoms with Crippen LogP contribution in [0.15, 0.2) is 243 Å². The summed E-state index contributed by atoms with van der Waals surface area (Å²) in [4.78, 5) is 0. The SMILES string of the molecule is c1ccc(-c2ccc3c(c2)c(-c2cccc(-c4cccc5ccccc45)c2)cc2c4ccc(-c5ccccc5)cc4c(-c4cccc(-c5cccc6ccccc56)c4)cc32)cc1. The molecule has 0 aliphatic carbocycles. The molecule has 0 radical (unpaired) electrons. The third-order valence-electron chi connectivity index (χ3n) is 12.8. The Bertz CT molecular complexity index is 3420. The summed E-state index contributed by atoms with van der Waals surface area (Å²) in [6, 6.07) is 89.6. The minimum absolute atomic E-state index is 1.20. The van der Waals surface area contributed by atoms with Crippen LogP contribution in [0.5, 0.6) is 0 Å². The molecule has 0 heterocycles. The molecule has 0 aromatic heterocycles. The van der Waals surface area contributed by atoms with Gasteiger partial charge in [0.15, 0.2) is 0 Å². The van der Waals surface area contributed by atoms with Gasteiger partial charge in [0, 0.05) is 0 Å². The number of hydrogen-bond acceptors (Lipinski definition) is 0. The number of benzene rings is 12. The first kappa shape index (κ1) is 35.8. The Kier molecular flexibility index (Phi) is 8.61. The fourth-order valence-corrected chi connectivity index (χ4v) is 9.81. The van der Waals surface area contributed by atoms with Gasteiger partial charge in [-0.2, -0.15) is 0 Å². The Morgan fingerprint density at radius 3 is 0.952 bits per heavy atom. The van der Waals surface area contributed by atoms with Gasteiger partial charge in [-0.05, 0) is 157 Å². The molecule has 12 rings (SSSR count). The van der Waals surface area contributed by atoms with E-state index in [0.29, 0.717) is 0 Å². The Labute approximate surface area is 361 Å². The van der Waals surface area contributed by atoms with Crippen LogP contribution in [-0.2, 0) is 0 Å². The molecule has 62 heavy (non-hydrogen) atoms. The molecule has 0 saturated heterocycles. The second-order valence-electron chi connectivity index (χ2n) is 16.4. The fourth-order valence-electron chi connectivity index (χ4n) is 9.81. The quantitative estimate of drug-likeness (QED) is 0.147. The van der Waals surface area contributed by atoms with Crippen molar-refractivity contribution in [3.05, 3.63) is 243 Å². The Morgan fingerprint density at radius 2 is 0.500 bits per heavy atom. The van der Waals surface area contributed by atoms with Crippen LogP contribution >= 0.6 is 0 Å². The van der Waals surface area contributed by atoms with Crippen LogP contribution in [0, 0.1) is 0 Å². The van der Waals surface area contributed by atoms with Gasteiger partial charge < -0.3 is 0 Å². The van der Waals surface area contributed by atoms with E-state index in [1.807, 2.05) is 0 Å². The number of hydrogen-bond donors (Lipinski definition) is 0. The molecule has 0 atom stereocenters. The predicted octanol–water partition coefficient (Wildman–Crippen LogP) is 17.5. The van der Waals surface area contributed by atoms with Crippen LogP contribution in [-0.4, -0.2) is 0 Å². The highest BCUT2D eigenvalue weighted by atomic mass is 14.2. The molecule has 0 spiro atoms. The van der Waals surface area contributed by atoms with Crippen LogP contribution in [0.25, 0.3) is 121 Å². The molecule has 288 valence electrons. The van der Waals surface area contributed by atoms with Gasteiger partial charge >= 0.3 is 0 Å². The highest BCUT2D eigenvalue weighted by Gasteiger charge is 2.18. The van der Waals surface area contributed by atoms with E-state index in [9.17, 15) is 0 Å². The van der Waals surface area contributed by atoms with Crippen molar-refractivity contribution in [2.45, 2.75) is 0 Å². The van der Waals surface area contributed by atoms with Crippen molar-refractivity contribution in [3.8, 4) is 66.8 Å². The van der Waals surface area contributed by atoms with Crippen LogP contribution < -0.4 is 0 Å². The highest BCUT2D eigenvalue weighted by Crippen LogP contribution is 2.45. The Morgan fingerprint density at radius 1 is 0.145 bits per heavy atom. The molecule has 12 aromatic carbocycles. The van der Waals surface area contributed by atoms with Crippen molar-refractivity contribution in [2.24, 2.45) is 0 Å². The first-order chi connectivity index (χ1) is 30.7. The van der Waals surface area contributed by atoms with E-state index in [0.717, 1.165) is 0 Å². The maximum atomic E-state index is 2.47. The maximum Gasteiger partial charge on any atom is -0.00923 e. The highest BCUT2D eigenvalue weighted by molar-refractivity contribution is 6.24.